The molecule has 0 unspecified atom stereocenters. The zero-order chi connectivity index (χ0) is 20.5. The maximum atomic E-state index is 12.4. The van der Waals surface area contributed by atoms with Gasteiger partial charge in [-0.1, -0.05) is 0 Å². The number of esters is 1. The molecule has 0 aliphatic rings. The predicted molar refractivity (Wildman–Crippen MR) is 94.3 cm³/mol. The molecule has 7 nitrogen and oxygen atoms in total. The van der Waals surface area contributed by atoms with Gasteiger partial charge in [0.2, 0.25) is 0 Å². The first-order valence-electron chi connectivity index (χ1n) is 8.11. The Bertz CT molecular complexity index is 879. The van der Waals surface area contributed by atoms with Gasteiger partial charge in [0.15, 0.2) is 18.1 Å². The lowest BCUT2D eigenvalue weighted by atomic mass is 10.2. The van der Waals surface area contributed by atoms with E-state index in [-0.39, 0.29) is 23.7 Å². The van der Waals surface area contributed by atoms with Crippen molar-refractivity contribution in [3.63, 3.8) is 0 Å². The maximum Gasteiger partial charge on any atom is 0.387 e. The maximum absolute atomic E-state index is 12.4. The molecule has 1 amide bonds. The number of rotatable bonds is 8. The fourth-order valence-electron chi connectivity index (χ4n) is 2.14. The highest BCUT2D eigenvalue weighted by Gasteiger charge is 2.16. The second kappa shape index (κ2) is 9.87. The number of carbonyl (C=O) groups is 2. The van der Waals surface area contributed by atoms with E-state index in [9.17, 15) is 18.4 Å². The predicted octanol–water partition coefficient (Wildman–Crippen LogP) is 3.35. The van der Waals surface area contributed by atoms with Crippen LogP contribution in [0.5, 0.6) is 11.5 Å². The summed E-state index contributed by atoms with van der Waals surface area (Å²) in [6.45, 7) is -1.78. The van der Waals surface area contributed by atoms with E-state index >= 15 is 0 Å². The van der Waals surface area contributed by atoms with Gasteiger partial charge in [0, 0.05) is 5.69 Å². The number of amides is 1. The van der Waals surface area contributed by atoms with Gasteiger partial charge in [-0.3, -0.25) is 4.79 Å². The Morgan fingerprint density at radius 1 is 1.14 bits per heavy atom. The normalized spacial score (nSPS) is 10.1. The quantitative estimate of drug-likeness (QED) is 0.694. The summed E-state index contributed by atoms with van der Waals surface area (Å²) in [5.41, 5.74) is 0.886. The number of nitriles is 1. The van der Waals surface area contributed by atoms with Gasteiger partial charge in [-0.15, -0.1) is 0 Å². The van der Waals surface area contributed by atoms with Gasteiger partial charge in [-0.2, -0.15) is 14.0 Å². The topological polar surface area (TPSA) is 97.6 Å². The highest BCUT2D eigenvalue weighted by atomic mass is 19.3. The summed E-state index contributed by atoms with van der Waals surface area (Å²) in [6, 6.07) is 11.7. The van der Waals surface area contributed by atoms with Crippen molar-refractivity contribution in [1.29, 1.82) is 5.26 Å². The van der Waals surface area contributed by atoms with E-state index in [2.05, 4.69) is 10.1 Å². The van der Waals surface area contributed by atoms with E-state index in [1.54, 1.807) is 6.92 Å². The molecule has 0 bridgehead atoms. The molecule has 0 saturated carbocycles. The first-order chi connectivity index (χ1) is 13.4. The van der Waals surface area contributed by atoms with E-state index in [0.717, 1.165) is 6.07 Å². The summed E-state index contributed by atoms with van der Waals surface area (Å²) in [6.07, 6.45) is 0. The Hall–Kier alpha value is -3.67. The Morgan fingerprint density at radius 2 is 1.86 bits per heavy atom. The lowest BCUT2D eigenvalue weighted by Crippen LogP contribution is -2.21. The molecule has 2 aromatic rings. The van der Waals surface area contributed by atoms with Crippen molar-refractivity contribution in [2.75, 3.05) is 18.5 Å². The molecule has 146 valence electrons. The number of anilines is 1. The van der Waals surface area contributed by atoms with Crippen molar-refractivity contribution in [2.24, 2.45) is 0 Å². The number of carbonyl (C=O) groups excluding carboxylic acids is 2. The Labute approximate surface area is 159 Å². The summed E-state index contributed by atoms with van der Waals surface area (Å²) in [4.78, 5) is 24.0. The number of hydrogen-bond donors (Lipinski definition) is 1. The average Bonchev–Trinajstić information content (AvgIpc) is 2.68. The number of benzene rings is 2. The van der Waals surface area contributed by atoms with Crippen LogP contribution in [-0.4, -0.2) is 31.7 Å². The number of nitrogens with zero attached hydrogens (tertiary/aromatic N) is 1. The van der Waals surface area contributed by atoms with Gasteiger partial charge in [-0.25, -0.2) is 4.79 Å². The van der Waals surface area contributed by atoms with Crippen molar-refractivity contribution in [1.82, 2.24) is 0 Å². The molecule has 0 atom stereocenters. The Morgan fingerprint density at radius 3 is 2.46 bits per heavy atom. The summed E-state index contributed by atoms with van der Waals surface area (Å²) in [5, 5.41) is 11.2. The van der Waals surface area contributed by atoms with Gasteiger partial charge >= 0.3 is 12.6 Å². The van der Waals surface area contributed by atoms with E-state index in [1.807, 2.05) is 6.07 Å². The minimum atomic E-state index is -3.04. The molecular weight excluding hydrogens is 374 g/mol. The molecule has 9 heteroatoms. The second-order valence-electron chi connectivity index (χ2n) is 5.29. The molecule has 0 heterocycles. The number of hydrogen-bond acceptors (Lipinski definition) is 6. The molecule has 2 aromatic carbocycles. The molecule has 0 saturated heterocycles. The Kier molecular flexibility index (Phi) is 7.28. The van der Waals surface area contributed by atoms with Crippen LogP contribution in [0.4, 0.5) is 14.5 Å². The number of alkyl halides is 2. The van der Waals surface area contributed by atoms with Crippen LogP contribution in [-0.2, 0) is 9.53 Å². The third kappa shape index (κ3) is 5.95. The SMILES string of the molecule is CCOc1cc(C(=O)OCC(=O)Nc2ccc(C#N)cc2)ccc1OC(F)F. The van der Waals surface area contributed by atoms with Crippen molar-refractivity contribution in [3.05, 3.63) is 53.6 Å². The van der Waals surface area contributed by atoms with Crippen LogP contribution in [0.3, 0.4) is 0 Å². The summed E-state index contributed by atoms with van der Waals surface area (Å²) in [5.74, 6) is -1.67. The van der Waals surface area contributed by atoms with Crippen LogP contribution < -0.4 is 14.8 Å². The number of nitrogens with one attached hydrogen (secondary N) is 1. The van der Waals surface area contributed by atoms with Gasteiger partial charge in [0.25, 0.3) is 5.91 Å². The minimum Gasteiger partial charge on any atom is -0.490 e. The standard InChI is InChI=1S/C19H16F2N2O5/c1-2-26-16-9-13(5-8-15(16)28-19(20)21)18(25)27-11-17(24)23-14-6-3-12(10-22)4-7-14/h3-9,19H,2,11H2,1H3,(H,23,24). The van der Waals surface area contributed by atoms with Crippen LogP contribution in [0.25, 0.3) is 0 Å². The lowest BCUT2D eigenvalue weighted by Gasteiger charge is -2.12. The van der Waals surface area contributed by atoms with Crippen molar-refractivity contribution in [3.8, 4) is 17.6 Å². The molecule has 0 aliphatic carbocycles. The fourth-order valence-corrected chi connectivity index (χ4v) is 2.14. The first-order valence-corrected chi connectivity index (χ1v) is 8.11. The molecule has 0 radical (unpaired) electrons. The van der Waals surface area contributed by atoms with Crippen LogP contribution in [0, 0.1) is 11.3 Å². The van der Waals surface area contributed by atoms with Gasteiger partial charge in [-0.05, 0) is 49.4 Å². The van der Waals surface area contributed by atoms with Crippen LogP contribution in [0.1, 0.15) is 22.8 Å². The third-order valence-corrected chi connectivity index (χ3v) is 3.33. The molecule has 2 rings (SSSR count). The number of ether oxygens (including phenoxy) is 3. The summed E-state index contributed by atoms with van der Waals surface area (Å²) >= 11 is 0. The highest BCUT2D eigenvalue weighted by Crippen LogP contribution is 2.30. The first kappa shape index (κ1) is 20.6. The molecule has 0 fully saturated rings. The van der Waals surface area contributed by atoms with Gasteiger partial charge < -0.3 is 19.5 Å². The zero-order valence-corrected chi connectivity index (χ0v) is 14.8. The van der Waals surface area contributed by atoms with E-state index in [1.165, 1.54) is 36.4 Å². The zero-order valence-electron chi connectivity index (χ0n) is 14.8. The smallest absolute Gasteiger partial charge is 0.387 e. The van der Waals surface area contributed by atoms with E-state index in [0.29, 0.717) is 11.3 Å². The molecule has 0 aromatic heterocycles. The average molecular weight is 390 g/mol. The third-order valence-electron chi connectivity index (χ3n) is 3.33. The molecule has 0 spiro atoms. The van der Waals surface area contributed by atoms with E-state index < -0.39 is 25.1 Å². The van der Waals surface area contributed by atoms with Crippen molar-refractivity contribution >= 4 is 17.6 Å². The number of halogens is 2. The van der Waals surface area contributed by atoms with Gasteiger partial charge in [0.05, 0.1) is 23.8 Å². The monoisotopic (exact) mass is 390 g/mol. The molecule has 28 heavy (non-hydrogen) atoms. The second-order valence-corrected chi connectivity index (χ2v) is 5.29. The fraction of sp³-hybridized carbons (Fsp3) is 0.211. The molecule has 0 aliphatic heterocycles. The van der Waals surface area contributed by atoms with E-state index in [4.69, 9.17) is 14.7 Å². The summed E-state index contributed by atoms with van der Waals surface area (Å²) in [7, 11) is 0. The molecule has 1 N–H and O–H groups in total. The molecular formula is C19H16F2N2O5. The van der Waals surface area contributed by atoms with Gasteiger partial charge in [0.1, 0.15) is 0 Å². The van der Waals surface area contributed by atoms with Crippen LogP contribution in [0.2, 0.25) is 0 Å². The van der Waals surface area contributed by atoms with Crippen molar-refractivity contribution in [2.45, 2.75) is 13.5 Å². The van der Waals surface area contributed by atoms with Crippen molar-refractivity contribution < 1.29 is 32.6 Å². The van der Waals surface area contributed by atoms with Crippen LogP contribution >= 0.6 is 0 Å². The Balaban J connectivity index is 1.96. The van der Waals surface area contributed by atoms with Crippen LogP contribution in [0.15, 0.2) is 42.5 Å². The summed E-state index contributed by atoms with van der Waals surface area (Å²) < 4.78 is 39.2. The highest BCUT2D eigenvalue weighted by molar-refractivity contribution is 5.95. The largest absolute Gasteiger partial charge is 0.490 e. The lowest BCUT2D eigenvalue weighted by molar-refractivity contribution is -0.119. The minimum absolute atomic E-state index is 0.0104.